The average Bonchev–Trinajstić information content (AvgIpc) is 2.83. The number of benzene rings is 1. The molecule has 1 aromatic heterocycles. The average molecular weight is 313 g/mol. The standard InChI is InChI=1S/C13H13BrO4/c1-16-8-3-4-11(17-2)10(7-8)12(15)9-5-6-18-13(9)14/h3-7,12,15H,1-2H3. The van der Waals surface area contributed by atoms with Crippen molar-refractivity contribution >= 4 is 15.9 Å². The molecular weight excluding hydrogens is 300 g/mol. The van der Waals surface area contributed by atoms with Gasteiger partial charge in [0.05, 0.1) is 20.5 Å². The molecule has 0 aliphatic carbocycles. The Balaban J connectivity index is 2.45. The van der Waals surface area contributed by atoms with Gasteiger partial charge in [0.2, 0.25) is 0 Å². The van der Waals surface area contributed by atoms with Crippen LogP contribution in [0.2, 0.25) is 0 Å². The largest absolute Gasteiger partial charge is 0.497 e. The van der Waals surface area contributed by atoms with Crippen LogP contribution in [0.1, 0.15) is 17.2 Å². The van der Waals surface area contributed by atoms with Crippen LogP contribution in [0.4, 0.5) is 0 Å². The maximum atomic E-state index is 10.4. The Labute approximate surface area is 113 Å². The number of aliphatic hydroxyl groups is 1. The Hall–Kier alpha value is -1.46. The minimum atomic E-state index is -0.844. The van der Waals surface area contributed by atoms with E-state index in [1.54, 1.807) is 38.5 Å². The summed E-state index contributed by atoms with van der Waals surface area (Å²) in [4.78, 5) is 0. The SMILES string of the molecule is COc1ccc(OC)c(C(O)c2ccoc2Br)c1. The molecule has 1 heterocycles. The van der Waals surface area contributed by atoms with Crippen molar-refractivity contribution in [1.82, 2.24) is 0 Å². The topological polar surface area (TPSA) is 51.8 Å². The normalized spacial score (nSPS) is 12.2. The van der Waals surface area contributed by atoms with Crippen LogP contribution in [0.5, 0.6) is 11.5 Å². The summed E-state index contributed by atoms with van der Waals surface area (Å²) in [6.45, 7) is 0. The summed E-state index contributed by atoms with van der Waals surface area (Å²) in [7, 11) is 3.13. The Kier molecular flexibility index (Phi) is 3.93. The van der Waals surface area contributed by atoms with Crippen LogP contribution in [0, 0.1) is 0 Å². The number of aliphatic hydroxyl groups excluding tert-OH is 1. The summed E-state index contributed by atoms with van der Waals surface area (Å²) < 4.78 is 16.0. The zero-order chi connectivity index (χ0) is 13.1. The molecule has 0 radical (unpaired) electrons. The molecule has 18 heavy (non-hydrogen) atoms. The van der Waals surface area contributed by atoms with Gasteiger partial charge in [-0.05, 0) is 40.2 Å². The summed E-state index contributed by atoms with van der Waals surface area (Å²) in [5.41, 5.74) is 1.26. The lowest BCUT2D eigenvalue weighted by Crippen LogP contribution is -2.02. The lowest BCUT2D eigenvalue weighted by molar-refractivity contribution is 0.212. The second kappa shape index (κ2) is 5.46. The molecule has 2 aromatic rings. The summed E-state index contributed by atoms with van der Waals surface area (Å²) in [5.74, 6) is 1.25. The molecule has 0 aliphatic heterocycles. The van der Waals surface area contributed by atoms with Gasteiger partial charge in [0.15, 0.2) is 4.67 Å². The number of rotatable bonds is 4. The minimum Gasteiger partial charge on any atom is -0.497 e. The van der Waals surface area contributed by atoms with Crippen LogP contribution in [0.3, 0.4) is 0 Å². The number of hydrogen-bond acceptors (Lipinski definition) is 4. The zero-order valence-corrected chi connectivity index (χ0v) is 11.6. The van der Waals surface area contributed by atoms with E-state index in [0.717, 1.165) is 0 Å². The van der Waals surface area contributed by atoms with Crippen LogP contribution in [-0.2, 0) is 0 Å². The van der Waals surface area contributed by atoms with Gasteiger partial charge in [0, 0.05) is 11.1 Å². The maximum Gasteiger partial charge on any atom is 0.175 e. The predicted octanol–water partition coefficient (Wildman–Crippen LogP) is 3.14. The highest BCUT2D eigenvalue weighted by molar-refractivity contribution is 9.10. The highest BCUT2D eigenvalue weighted by Gasteiger charge is 2.20. The van der Waals surface area contributed by atoms with Gasteiger partial charge in [-0.1, -0.05) is 0 Å². The molecular formula is C13H13BrO4. The summed E-state index contributed by atoms with van der Waals surface area (Å²) >= 11 is 3.25. The van der Waals surface area contributed by atoms with Crippen LogP contribution >= 0.6 is 15.9 Å². The van der Waals surface area contributed by atoms with Crippen molar-refractivity contribution in [3.8, 4) is 11.5 Å². The fourth-order valence-corrected chi connectivity index (χ4v) is 2.18. The van der Waals surface area contributed by atoms with Crippen molar-refractivity contribution in [2.24, 2.45) is 0 Å². The molecule has 1 aromatic carbocycles. The van der Waals surface area contributed by atoms with E-state index in [2.05, 4.69) is 15.9 Å². The molecule has 0 spiro atoms. The van der Waals surface area contributed by atoms with Gasteiger partial charge in [-0.15, -0.1) is 0 Å². The van der Waals surface area contributed by atoms with Gasteiger partial charge < -0.3 is 19.0 Å². The van der Waals surface area contributed by atoms with E-state index in [1.165, 1.54) is 6.26 Å². The quantitative estimate of drug-likeness (QED) is 0.942. The zero-order valence-electron chi connectivity index (χ0n) is 10.0. The van der Waals surface area contributed by atoms with Crippen molar-refractivity contribution < 1.29 is 19.0 Å². The third-order valence-electron chi connectivity index (χ3n) is 2.67. The molecule has 1 N–H and O–H groups in total. The number of hydrogen-bond donors (Lipinski definition) is 1. The molecule has 0 aliphatic rings. The Morgan fingerprint density at radius 1 is 1.17 bits per heavy atom. The molecule has 2 rings (SSSR count). The highest BCUT2D eigenvalue weighted by atomic mass is 79.9. The predicted molar refractivity (Wildman–Crippen MR) is 70.0 cm³/mol. The van der Waals surface area contributed by atoms with Crippen molar-refractivity contribution in [3.63, 3.8) is 0 Å². The van der Waals surface area contributed by atoms with Gasteiger partial charge in [-0.2, -0.15) is 0 Å². The Morgan fingerprint density at radius 2 is 1.94 bits per heavy atom. The summed E-state index contributed by atoms with van der Waals surface area (Å²) in [5, 5.41) is 10.4. The number of methoxy groups -OCH3 is 2. The molecule has 1 atom stereocenters. The Bertz CT molecular complexity index is 536. The van der Waals surface area contributed by atoms with E-state index in [0.29, 0.717) is 27.3 Å². The van der Waals surface area contributed by atoms with E-state index < -0.39 is 6.10 Å². The third kappa shape index (κ3) is 2.37. The van der Waals surface area contributed by atoms with E-state index in [1.807, 2.05) is 0 Å². The summed E-state index contributed by atoms with van der Waals surface area (Å²) in [6.07, 6.45) is 0.665. The minimum absolute atomic E-state index is 0.500. The molecule has 0 bridgehead atoms. The van der Waals surface area contributed by atoms with Gasteiger partial charge in [-0.25, -0.2) is 0 Å². The molecule has 4 nitrogen and oxygen atoms in total. The third-order valence-corrected chi connectivity index (χ3v) is 3.32. The fourth-order valence-electron chi connectivity index (χ4n) is 1.72. The molecule has 0 fully saturated rings. The maximum absolute atomic E-state index is 10.4. The molecule has 1 unspecified atom stereocenters. The second-order valence-electron chi connectivity index (χ2n) is 3.66. The van der Waals surface area contributed by atoms with Crippen molar-refractivity contribution in [2.45, 2.75) is 6.10 Å². The first kappa shape index (κ1) is 13.0. The fraction of sp³-hybridized carbons (Fsp3) is 0.231. The van der Waals surface area contributed by atoms with Gasteiger partial charge in [0.25, 0.3) is 0 Å². The Morgan fingerprint density at radius 3 is 2.50 bits per heavy atom. The van der Waals surface area contributed by atoms with E-state index in [4.69, 9.17) is 13.9 Å². The molecule has 0 saturated carbocycles. The molecule has 0 amide bonds. The smallest absolute Gasteiger partial charge is 0.175 e. The van der Waals surface area contributed by atoms with Crippen molar-refractivity contribution in [3.05, 3.63) is 46.3 Å². The lowest BCUT2D eigenvalue weighted by Gasteiger charge is -2.15. The lowest BCUT2D eigenvalue weighted by atomic mass is 10.0. The first-order valence-corrected chi connectivity index (χ1v) is 6.09. The number of halogens is 1. The van der Waals surface area contributed by atoms with E-state index in [-0.39, 0.29) is 0 Å². The number of furan rings is 1. The van der Waals surface area contributed by atoms with Crippen LogP contribution in [0.15, 0.2) is 39.6 Å². The van der Waals surface area contributed by atoms with E-state index >= 15 is 0 Å². The second-order valence-corrected chi connectivity index (χ2v) is 4.38. The van der Waals surface area contributed by atoms with E-state index in [9.17, 15) is 5.11 Å². The molecule has 0 saturated heterocycles. The monoisotopic (exact) mass is 312 g/mol. The summed E-state index contributed by atoms with van der Waals surface area (Å²) in [6, 6.07) is 6.97. The number of ether oxygens (including phenoxy) is 2. The van der Waals surface area contributed by atoms with Crippen molar-refractivity contribution in [2.75, 3.05) is 14.2 Å². The van der Waals surface area contributed by atoms with Gasteiger partial charge in [-0.3, -0.25) is 0 Å². The molecule has 5 heteroatoms. The highest BCUT2D eigenvalue weighted by Crippen LogP contribution is 2.36. The van der Waals surface area contributed by atoms with Gasteiger partial charge in [0.1, 0.15) is 17.6 Å². The van der Waals surface area contributed by atoms with Crippen LogP contribution in [0.25, 0.3) is 0 Å². The van der Waals surface area contributed by atoms with Gasteiger partial charge >= 0.3 is 0 Å². The first-order chi connectivity index (χ1) is 8.67. The van der Waals surface area contributed by atoms with Crippen LogP contribution < -0.4 is 9.47 Å². The van der Waals surface area contributed by atoms with Crippen LogP contribution in [-0.4, -0.2) is 19.3 Å². The van der Waals surface area contributed by atoms with Crippen molar-refractivity contribution in [1.29, 1.82) is 0 Å². The first-order valence-electron chi connectivity index (χ1n) is 5.30. The molecule has 96 valence electrons.